The highest BCUT2D eigenvalue weighted by molar-refractivity contribution is 14.0. The Hall–Kier alpha value is -2.13. The van der Waals surface area contributed by atoms with E-state index in [1.165, 1.54) is 16.7 Å². The molecular weight excluding hydrogens is 527 g/mol. The van der Waals surface area contributed by atoms with E-state index < -0.39 is 0 Å². The quantitative estimate of drug-likeness (QED) is 0.260. The molecule has 1 aliphatic rings. The minimum Gasteiger partial charge on any atom is -0.374 e. The number of hydrogen-bond donors (Lipinski definition) is 2. The van der Waals surface area contributed by atoms with Gasteiger partial charge >= 0.3 is 0 Å². The third kappa shape index (κ3) is 9.33. The van der Waals surface area contributed by atoms with Crippen LogP contribution in [0.25, 0.3) is 0 Å². The number of nitrogens with zero attached hydrogens (tertiary/aromatic N) is 2. The first-order chi connectivity index (χ1) is 15.5. The standard InChI is InChI=1S/C26H36N4O2.HI/c1-20(2)32-19-23-11-9-22(10-12-23)16-28-26(27-3)29-17-24-15-25(31)30(18-24)14-13-21-7-5-4-6-8-21;/h4-12,20,24H,13-19H2,1-3H3,(H2,27,28,29);1H. The van der Waals surface area contributed by atoms with Gasteiger partial charge in [-0.1, -0.05) is 54.6 Å². The van der Waals surface area contributed by atoms with Crippen molar-refractivity contribution < 1.29 is 9.53 Å². The zero-order chi connectivity index (χ0) is 22.8. The van der Waals surface area contributed by atoms with E-state index in [-0.39, 0.29) is 36.0 Å². The van der Waals surface area contributed by atoms with Gasteiger partial charge in [0.05, 0.1) is 12.7 Å². The third-order valence-corrected chi connectivity index (χ3v) is 5.66. The van der Waals surface area contributed by atoms with Crippen molar-refractivity contribution in [2.24, 2.45) is 10.9 Å². The average molecular weight is 565 g/mol. The van der Waals surface area contributed by atoms with E-state index in [2.05, 4.69) is 52.0 Å². The number of ether oxygens (including phenoxy) is 1. The molecule has 2 aromatic carbocycles. The maximum absolute atomic E-state index is 12.4. The van der Waals surface area contributed by atoms with E-state index in [1.54, 1.807) is 7.05 Å². The number of nitrogens with one attached hydrogen (secondary N) is 2. The summed E-state index contributed by atoms with van der Waals surface area (Å²) in [4.78, 5) is 18.7. The van der Waals surface area contributed by atoms with Gasteiger partial charge in [-0.3, -0.25) is 9.79 Å². The second kappa shape index (κ2) is 14.2. The Morgan fingerprint density at radius 3 is 2.42 bits per heavy atom. The van der Waals surface area contributed by atoms with Crippen LogP contribution in [0.3, 0.4) is 0 Å². The lowest BCUT2D eigenvalue weighted by molar-refractivity contribution is -0.127. The number of aliphatic imine (C=N–C) groups is 1. The maximum Gasteiger partial charge on any atom is 0.223 e. The fourth-order valence-electron chi connectivity index (χ4n) is 3.78. The summed E-state index contributed by atoms with van der Waals surface area (Å²) < 4.78 is 5.64. The normalized spacial score (nSPS) is 16.1. The molecule has 0 aliphatic carbocycles. The zero-order valence-electron chi connectivity index (χ0n) is 19.9. The monoisotopic (exact) mass is 564 g/mol. The van der Waals surface area contributed by atoms with E-state index in [1.807, 2.05) is 36.9 Å². The summed E-state index contributed by atoms with van der Waals surface area (Å²) in [5, 5.41) is 6.74. The Labute approximate surface area is 215 Å². The second-order valence-electron chi connectivity index (χ2n) is 8.63. The first kappa shape index (κ1) is 27.1. The van der Waals surface area contributed by atoms with Crippen molar-refractivity contribution >= 4 is 35.8 Å². The first-order valence-electron chi connectivity index (χ1n) is 11.5. The number of hydrogen-bond acceptors (Lipinski definition) is 3. The molecule has 1 atom stereocenters. The Morgan fingerprint density at radius 2 is 1.76 bits per heavy atom. The van der Waals surface area contributed by atoms with E-state index in [9.17, 15) is 4.79 Å². The molecule has 1 fully saturated rings. The first-order valence-corrected chi connectivity index (χ1v) is 11.5. The number of amides is 1. The van der Waals surface area contributed by atoms with Crippen LogP contribution in [0.5, 0.6) is 0 Å². The molecule has 180 valence electrons. The Bertz CT molecular complexity index is 872. The number of guanidine groups is 1. The summed E-state index contributed by atoms with van der Waals surface area (Å²) in [6.45, 7) is 7.73. The van der Waals surface area contributed by atoms with Crippen LogP contribution in [-0.2, 0) is 29.1 Å². The topological polar surface area (TPSA) is 66.0 Å². The Kier molecular flexibility index (Phi) is 11.7. The minimum atomic E-state index is 0. The SMILES string of the molecule is CN=C(NCc1ccc(COC(C)C)cc1)NCC1CC(=O)N(CCc2ccccc2)C1.I. The van der Waals surface area contributed by atoms with Crippen molar-refractivity contribution in [2.75, 3.05) is 26.7 Å². The molecular formula is C26H37IN4O2. The van der Waals surface area contributed by atoms with E-state index in [0.29, 0.717) is 25.5 Å². The molecule has 7 heteroatoms. The highest BCUT2D eigenvalue weighted by Gasteiger charge is 2.29. The van der Waals surface area contributed by atoms with Crippen molar-refractivity contribution in [2.45, 2.75) is 45.9 Å². The molecule has 0 bridgehead atoms. The fraction of sp³-hybridized carbons (Fsp3) is 0.462. The van der Waals surface area contributed by atoms with Gasteiger partial charge in [0.15, 0.2) is 5.96 Å². The van der Waals surface area contributed by atoms with E-state index in [4.69, 9.17) is 4.74 Å². The molecule has 0 spiro atoms. The van der Waals surface area contributed by atoms with Crippen LogP contribution in [0, 0.1) is 5.92 Å². The molecule has 33 heavy (non-hydrogen) atoms. The number of halogens is 1. The van der Waals surface area contributed by atoms with Crippen LogP contribution in [0.4, 0.5) is 0 Å². The molecule has 1 heterocycles. The van der Waals surface area contributed by atoms with Gasteiger partial charge in [-0.2, -0.15) is 0 Å². The lowest BCUT2D eigenvalue weighted by Gasteiger charge is -2.18. The molecule has 1 unspecified atom stereocenters. The number of rotatable bonds is 10. The molecule has 1 saturated heterocycles. The van der Waals surface area contributed by atoms with Gasteiger partial charge in [0.25, 0.3) is 0 Å². The van der Waals surface area contributed by atoms with Crippen molar-refractivity contribution in [1.29, 1.82) is 0 Å². The molecule has 1 aliphatic heterocycles. The van der Waals surface area contributed by atoms with Crippen LogP contribution in [0.15, 0.2) is 59.6 Å². The smallest absolute Gasteiger partial charge is 0.223 e. The molecule has 1 amide bonds. The van der Waals surface area contributed by atoms with Gasteiger partial charge < -0.3 is 20.3 Å². The van der Waals surface area contributed by atoms with E-state index >= 15 is 0 Å². The van der Waals surface area contributed by atoms with Gasteiger partial charge in [0.1, 0.15) is 0 Å². The summed E-state index contributed by atoms with van der Waals surface area (Å²) >= 11 is 0. The predicted molar refractivity (Wildman–Crippen MR) is 145 cm³/mol. The largest absolute Gasteiger partial charge is 0.374 e. The molecule has 6 nitrogen and oxygen atoms in total. The average Bonchev–Trinajstić information content (AvgIpc) is 3.17. The number of carbonyl (C=O) groups is 1. The van der Waals surface area contributed by atoms with Crippen LogP contribution < -0.4 is 10.6 Å². The maximum atomic E-state index is 12.4. The van der Waals surface area contributed by atoms with Crippen LogP contribution in [0.2, 0.25) is 0 Å². The summed E-state index contributed by atoms with van der Waals surface area (Å²) in [6.07, 6.45) is 1.73. The summed E-state index contributed by atoms with van der Waals surface area (Å²) in [5.41, 5.74) is 3.63. The zero-order valence-corrected chi connectivity index (χ0v) is 22.3. The van der Waals surface area contributed by atoms with Crippen LogP contribution >= 0.6 is 24.0 Å². The fourth-order valence-corrected chi connectivity index (χ4v) is 3.78. The van der Waals surface area contributed by atoms with Crippen molar-refractivity contribution in [3.63, 3.8) is 0 Å². The molecule has 0 saturated carbocycles. The molecule has 2 N–H and O–H groups in total. The van der Waals surface area contributed by atoms with Crippen molar-refractivity contribution in [3.05, 3.63) is 71.3 Å². The predicted octanol–water partition coefficient (Wildman–Crippen LogP) is 3.99. The lowest BCUT2D eigenvalue weighted by atomic mass is 10.1. The summed E-state index contributed by atoms with van der Waals surface area (Å²) in [5.74, 6) is 1.31. The minimum absolute atomic E-state index is 0. The molecule has 0 aromatic heterocycles. The van der Waals surface area contributed by atoms with Gasteiger partial charge in [-0.05, 0) is 37.0 Å². The van der Waals surface area contributed by atoms with Crippen LogP contribution in [0.1, 0.15) is 37.0 Å². The molecule has 2 aromatic rings. The number of carbonyl (C=O) groups excluding carboxylic acids is 1. The summed E-state index contributed by atoms with van der Waals surface area (Å²) in [6, 6.07) is 18.8. The van der Waals surface area contributed by atoms with Crippen molar-refractivity contribution in [3.8, 4) is 0 Å². The Morgan fingerprint density at radius 1 is 1.06 bits per heavy atom. The lowest BCUT2D eigenvalue weighted by Crippen LogP contribution is -2.40. The van der Waals surface area contributed by atoms with Gasteiger partial charge in [0, 0.05) is 45.6 Å². The third-order valence-electron chi connectivity index (χ3n) is 5.66. The van der Waals surface area contributed by atoms with Crippen molar-refractivity contribution in [1.82, 2.24) is 15.5 Å². The molecule has 3 rings (SSSR count). The highest BCUT2D eigenvalue weighted by atomic mass is 127. The Balaban J connectivity index is 0.00000385. The van der Waals surface area contributed by atoms with Gasteiger partial charge in [-0.15, -0.1) is 24.0 Å². The highest BCUT2D eigenvalue weighted by Crippen LogP contribution is 2.17. The number of likely N-dealkylation sites (tertiary alicyclic amines) is 1. The van der Waals surface area contributed by atoms with Gasteiger partial charge in [-0.25, -0.2) is 0 Å². The molecule has 0 radical (unpaired) electrons. The van der Waals surface area contributed by atoms with Crippen LogP contribution in [-0.4, -0.2) is 49.6 Å². The summed E-state index contributed by atoms with van der Waals surface area (Å²) in [7, 11) is 1.77. The second-order valence-corrected chi connectivity index (χ2v) is 8.63. The number of benzene rings is 2. The van der Waals surface area contributed by atoms with Gasteiger partial charge in [0.2, 0.25) is 5.91 Å². The van der Waals surface area contributed by atoms with E-state index in [0.717, 1.165) is 32.0 Å².